The molecule has 168 valence electrons. The van der Waals surface area contributed by atoms with Crippen LogP contribution in [0.2, 0.25) is 0 Å². The SMILES string of the molecule is CCCCCc1cc(O)c([C@@H]2C=C(C)CC[C@H]2C(C)C)c(OC(=S)NCCCO)c1. The Bertz CT molecular complexity index is 729. The molecule has 0 aromatic heterocycles. The molecule has 0 saturated heterocycles. The summed E-state index contributed by atoms with van der Waals surface area (Å²) in [5, 5.41) is 23.4. The van der Waals surface area contributed by atoms with E-state index in [1.807, 2.05) is 6.07 Å². The number of hydrogen-bond acceptors (Lipinski definition) is 4. The highest BCUT2D eigenvalue weighted by Gasteiger charge is 2.32. The van der Waals surface area contributed by atoms with Gasteiger partial charge in [0, 0.05) is 24.6 Å². The molecule has 0 aliphatic heterocycles. The third-order valence-corrected chi connectivity index (χ3v) is 6.27. The van der Waals surface area contributed by atoms with Crippen molar-refractivity contribution in [2.45, 2.75) is 78.6 Å². The van der Waals surface area contributed by atoms with E-state index in [1.165, 1.54) is 12.0 Å². The molecule has 0 heterocycles. The Morgan fingerprint density at radius 3 is 2.70 bits per heavy atom. The number of phenols is 1. The van der Waals surface area contributed by atoms with Crippen LogP contribution in [0.1, 0.15) is 83.3 Å². The van der Waals surface area contributed by atoms with E-state index in [1.54, 1.807) is 0 Å². The first kappa shape index (κ1) is 24.7. The summed E-state index contributed by atoms with van der Waals surface area (Å²) in [5.74, 6) is 2.02. The molecule has 1 aliphatic rings. The molecular weight excluding hydrogens is 394 g/mol. The molecule has 3 N–H and O–H groups in total. The van der Waals surface area contributed by atoms with Crippen molar-refractivity contribution in [1.29, 1.82) is 0 Å². The maximum absolute atomic E-state index is 11.1. The van der Waals surface area contributed by atoms with Crippen molar-refractivity contribution in [2.24, 2.45) is 11.8 Å². The second-order valence-electron chi connectivity index (χ2n) is 8.86. The van der Waals surface area contributed by atoms with Crippen LogP contribution in [0.3, 0.4) is 0 Å². The number of phenolic OH excluding ortho intramolecular Hbond substituents is 1. The Hall–Kier alpha value is -1.59. The molecular formula is C25H39NO3S. The number of allylic oxidation sites excluding steroid dienone is 2. The van der Waals surface area contributed by atoms with E-state index in [0.29, 0.717) is 36.3 Å². The number of nitrogens with one attached hydrogen (secondary N) is 1. The van der Waals surface area contributed by atoms with Crippen LogP contribution >= 0.6 is 12.2 Å². The highest BCUT2D eigenvalue weighted by Crippen LogP contribution is 2.47. The van der Waals surface area contributed by atoms with E-state index in [2.05, 4.69) is 45.2 Å². The highest BCUT2D eigenvalue weighted by atomic mass is 32.1. The lowest BCUT2D eigenvalue weighted by Gasteiger charge is -2.34. The van der Waals surface area contributed by atoms with E-state index < -0.39 is 0 Å². The van der Waals surface area contributed by atoms with Crippen molar-refractivity contribution in [3.63, 3.8) is 0 Å². The number of aromatic hydroxyl groups is 1. The van der Waals surface area contributed by atoms with Gasteiger partial charge in [-0.3, -0.25) is 0 Å². The number of thiocarbonyl (C=S) groups is 1. The first-order valence-electron chi connectivity index (χ1n) is 11.5. The second-order valence-corrected chi connectivity index (χ2v) is 9.23. The molecule has 2 atom stereocenters. The average Bonchev–Trinajstić information content (AvgIpc) is 2.68. The molecule has 0 bridgehead atoms. The molecule has 0 radical (unpaired) electrons. The first-order chi connectivity index (χ1) is 14.4. The van der Waals surface area contributed by atoms with E-state index in [-0.39, 0.29) is 17.7 Å². The number of aryl methyl sites for hydroxylation is 1. The largest absolute Gasteiger partial charge is 0.507 e. The van der Waals surface area contributed by atoms with Crippen molar-refractivity contribution >= 4 is 17.4 Å². The lowest BCUT2D eigenvalue weighted by molar-refractivity contribution is 0.288. The Kier molecular flexibility index (Phi) is 10.1. The van der Waals surface area contributed by atoms with Crippen LogP contribution in [0.15, 0.2) is 23.8 Å². The van der Waals surface area contributed by atoms with Crippen molar-refractivity contribution in [2.75, 3.05) is 13.2 Å². The number of rotatable bonds is 10. The van der Waals surface area contributed by atoms with Crippen LogP contribution in [0, 0.1) is 11.8 Å². The minimum absolute atomic E-state index is 0.108. The quantitative estimate of drug-likeness (QED) is 0.245. The predicted molar refractivity (Wildman–Crippen MR) is 128 cm³/mol. The number of unbranched alkanes of at least 4 members (excludes halogenated alkanes) is 2. The molecule has 0 saturated carbocycles. The van der Waals surface area contributed by atoms with Crippen LogP contribution in [-0.4, -0.2) is 28.5 Å². The van der Waals surface area contributed by atoms with Gasteiger partial charge in [0.15, 0.2) is 0 Å². The zero-order valence-electron chi connectivity index (χ0n) is 19.0. The van der Waals surface area contributed by atoms with Crippen molar-refractivity contribution in [1.82, 2.24) is 5.32 Å². The van der Waals surface area contributed by atoms with Crippen LogP contribution in [0.5, 0.6) is 11.5 Å². The highest BCUT2D eigenvalue weighted by molar-refractivity contribution is 7.80. The van der Waals surface area contributed by atoms with Gasteiger partial charge >= 0.3 is 0 Å². The van der Waals surface area contributed by atoms with Gasteiger partial charge < -0.3 is 20.3 Å². The van der Waals surface area contributed by atoms with E-state index in [9.17, 15) is 5.11 Å². The monoisotopic (exact) mass is 433 g/mol. The summed E-state index contributed by atoms with van der Waals surface area (Å²) in [6.45, 7) is 9.53. The molecule has 1 aliphatic carbocycles. The lowest BCUT2D eigenvalue weighted by Crippen LogP contribution is -2.29. The average molecular weight is 434 g/mol. The van der Waals surface area contributed by atoms with E-state index >= 15 is 0 Å². The van der Waals surface area contributed by atoms with E-state index in [4.69, 9.17) is 22.1 Å². The number of aliphatic hydroxyl groups excluding tert-OH is 1. The van der Waals surface area contributed by atoms with Crippen molar-refractivity contribution in [3.05, 3.63) is 34.9 Å². The maximum atomic E-state index is 11.1. The van der Waals surface area contributed by atoms with Crippen molar-refractivity contribution in [3.8, 4) is 11.5 Å². The maximum Gasteiger partial charge on any atom is 0.262 e. The lowest BCUT2D eigenvalue weighted by atomic mass is 9.71. The summed E-state index contributed by atoms with van der Waals surface area (Å²) >= 11 is 5.40. The predicted octanol–water partition coefficient (Wildman–Crippen LogP) is 5.86. The third-order valence-electron chi connectivity index (χ3n) is 6.04. The summed E-state index contributed by atoms with van der Waals surface area (Å²) in [5.41, 5.74) is 3.28. The summed E-state index contributed by atoms with van der Waals surface area (Å²) in [4.78, 5) is 0. The standard InChI is InChI=1S/C25H39NO3S/c1-5-6-7-9-19-15-22(28)24(21-14-18(4)10-11-20(21)17(2)3)23(16-19)29-25(30)26-12-8-13-27/h14-17,20-21,27-28H,5-13H2,1-4H3,(H,26,30)/t20-,21+/m0/s1. The molecule has 0 spiro atoms. The van der Waals surface area contributed by atoms with Gasteiger partial charge in [-0.1, -0.05) is 45.3 Å². The molecule has 5 heteroatoms. The van der Waals surface area contributed by atoms with Crippen LogP contribution in [-0.2, 0) is 6.42 Å². The van der Waals surface area contributed by atoms with Gasteiger partial charge in [0.05, 0.1) is 0 Å². The normalized spacial score (nSPS) is 18.9. The Balaban J connectivity index is 2.40. The van der Waals surface area contributed by atoms with Gasteiger partial charge in [-0.15, -0.1) is 0 Å². The number of hydrogen-bond donors (Lipinski definition) is 3. The molecule has 1 aromatic carbocycles. The fourth-order valence-electron chi connectivity index (χ4n) is 4.35. The minimum atomic E-state index is 0.108. The first-order valence-corrected chi connectivity index (χ1v) is 11.9. The number of aliphatic hydroxyl groups is 1. The zero-order valence-corrected chi connectivity index (χ0v) is 19.9. The second kappa shape index (κ2) is 12.3. The van der Waals surface area contributed by atoms with Gasteiger partial charge in [-0.05, 0) is 80.8 Å². The number of benzene rings is 1. The summed E-state index contributed by atoms with van der Waals surface area (Å²) in [7, 11) is 0. The summed E-state index contributed by atoms with van der Waals surface area (Å²) < 4.78 is 6.09. The molecule has 1 aromatic rings. The van der Waals surface area contributed by atoms with Crippen LogP contribution in [0.25, 0.3) is 0 Å². The van der Waals surface area contributed by atoms with Crippen LogP contribution < -0.4 is 10.1 Å². The van der Waals surface area contributed by atoms with Crippen molar-refractivity contribution < 1.29 is 14.9 Å². The van der Waals surface area contributed by atoms with Crippen LogP contribution in [0.4, 0.5) is 0 Å². The Labute approximate surface area is 187 Å². The minimum Gasteiger partial charge on any atom is -0.507 e. The topological polar surface area (TPSA) is 61.7 Å². The fourth-order valence-corrected chi connectivity index (χ4v) is 4.54. The van der Waals surface area contributed by atoms with E-state index in [0.717, 1.165) is 43.2 Å². The molecule has 30 heavy (non-hydrogen) atoms. The summed E-state index contributed by atoms with van der Waals surface area (Å²) in [6.07, 6.45) is 9.45. The number of ether oxygens (including phenoxy) is 1. The molecule has 0 amide bonds. The van der Waals surface area contributed by atoms with Gasteiger partial charge in [0.25, 0.3) is 5.17 Å². The molecule has 0 fully saturated rings. The zero-order chi connectivity index (χ0) is 22.1. The van der Waals surface area contributed by atoms with Gasteiger partial charge in [0.2, 0.25) is 0 Å². The van der Waals surface area contributed by atoms with Gasteiger partial charge in [-0.25, -0.2) is 0 Å². The molecule has 0 unspecified atom stereocenters. The fraction of sp³-hybridized carbons (Fsp3) is 0.640. The smallest absolute Gasteiger partial charge is 0.262 e. The van der Waals surface area contributed by atoms with Gasteiger partial charge in [-0.2, -0.15) is 0 Å². The molecule has 4 nitrogen and oxygen atoms in total. The third kappa shape index (κ3) is 6.98. The Morgan fingerprint density at radius 2 is 2.03 bits per heavy atom. The Morgan fingerprint density at radius 1 is 1.27 bits per heavy atom. The van der Waals surface area contributed by atoms with Gasteiger partial charge in [0.1, 0.15) is 11.5 Å². The molecule has 2 rings (SSSR count). The summed E-state index contributed by atoms with van der Waals surface area (Å²) in [6, 6.07) is 3.97.